The summed E-state index contributed by atoms with van der Waals surface area (Å²) in [4.78, 5) is 4.64. The number of nitrogens with zero attached hydrogens (tertiary/aromatic N) is 1. The Kier molecular flexibility index (Phi) is 3.15. The van der Waals surface area contributed by atoms with Gasteiger partial charge in [0.15, 0.2) is 0 Å². The van der Waals surface area contributed by atoms with Gasteiger partial charge in [0.05, 0.1) is 35.1 Å². The highest BCUT2D eigenvalue weighted by atomic mass is 79.9. The van der Waals surface area contributed by atoms with Crippen LogP contribution < -0.4 is 11.3 Å². The summed E-state index contributed by atoms with van der Waals surface area (Å²) in [7, 11) is 0. The van der Waals surface area contributed by atoms with Crippen LogP contribution in [0.2, 0.25) is 5.02 Å². The van der Waals surface area contributed by atoms with Crippen LogP contribution >= 0.6 is 27.5 Å². The summed E-state index contributed by atoms with van der Waals surface area (Å²) in [5.74, 6) is 5.65. The minimum Gasteiger partial charge on any atom is -0.376 e. The largest absolute Gasteiger partial charge is 0.376 e. The maximum atomic E-state index is 6.24. The number of halogens is 2. The van der Waals surface area contributed by atoms with E-state index >= 15 is 0 Å². The number of pyridine rings is 1. The Morgan fingerprint density at radius 1 is 1.44 bits per heavy atom. The highest BCUT2D eigenvalue weighted by Gasteiger charge is 2.19. The fourth-order valence-corrected chi connectivity index (χ4v) is 3.10. The molecule has 0 atom stereocenters. The van der Waals surface area contributed by atoms with Gasteiger partial charge in [0.1, 0.15) is 0 Å². The lowest BCUT2D eigenvalue weighted by Crippen LogP contribution is -2.18. The molecule has 0 unspecified atom stereocenters. The van der Waals surface area contributed by atoms with Gasteiger partial charge in [-0.3, -0.25) is 10.8 Å². The van der Waals surface area contributed by atoms with Crippen LogP contribution in [-0.2, 0) is 17.8 Å². The maximum Gasteiger partial charge on any atom is 0.0913 e. The molecule has 0 radical (unpaired) electrons. The summed E-state index contributed by atoms with van der Waals surface area (Å²) in [5.41, 5.74) is 6.39. The molecule has 0 fully saturated rings. The van der Waals surface area contributed by atoms with Crippen molar-refractivity contribution in [3.8, 4) is 0 Å². The minimum atomic E-state index is 0.530. The van der Waals surface area contributed by atoms with Gasteiger partial charge in [-0.25, -0.2) is 0 Å². The fraction of sp³-hybridized carbons (Fsp3) is 0.250. The van der Waals surface area contributed by atoms with Crippen molar-refractivity contribution < 1.29 is 4.74 Å². The van der Waals surface area contributed by atoms with Gasteiger partial charge in [-0.05, 0) is 12.1 Å². The van der Waals surface area contributed by atoms with Crippen LogP contribution in [0.25, 0.3) is 10.9 Å². The van der Waals surface area contributed by atoms with Crippen LogP contribution in [0.1, 0.15) is 11.3 Å². The minimum absolute atomic E-state index is 0.530. The monoisotopic (exact) mass is 327 g/mol. The van der Waals surface area contributed by atoms with E-state index in [2.05, 4.69) is 26.3 Å². The molecule has 3 rings (SSSR count). The molecule has 1 aliphatic heterocycles. The second-order valence-corrected chi connectivity index (χ2v) is 5.47. The second kappa shape index (κ2) is 4.66. The van der Waals surface area contributed by atoms with Gasteiger partial charge in [-0.2, -0.15) is 0 Å². The fourth-order valence-electron chi connectivity index (χ4n) is 2.25. The zero-order valence-corrected chi connectivity index (χ0v) is 11.8. The van der Waals surface area contributed by atoms with E-state index in [4.69, 9.17) is 22.2 Å². The molecule has 1 aromatic carbocycles. The smallest absolute Gasteiger partial charge is 0.0913 e. The zero-order valence-electron chi connectivity index (χ0n) is 9.46. The van der Waals surface area contributed by atoms with E-state index in [1.165, 1.54) is 0 Å². The number of fused-ring (bicyclic) bond motifs is 2. The third kappa shape index (κ3) is 1.87. The number of anilines is 1. The number of aromatic nitrogens is 1. The third-order valence-electron chi connectivity index (χ3n) is 3.07. The topological polar surface area (TPSA) is 60.2 Å². The molecule has 3 N–H and O–H groups in total. The van der Waals surface area contributed by atoms with E-state index in [-0.39, 0.29) is 0 Å². The first kappa shape index (κ1) is 12.2. The molecule has 0 bridgehead atoms. The van der Waals surface area contributed by atoms with Crippen molar-refractivity contribution in [2.45, 2.75) is 13.0 Å². The number of ether oxygens (including phenoxy) is 1. The highest BCUT2D eigenvalue weighted by molar-refractivity contribution is 9.10. The van der Waals surface area contributed by atoms with E-state index in [0.29, 0.717) is 18.2 Å². The quantitative estimate of drug-likeness (QED) is 0.624. The van der Waals surface area contributed by atoms with E-state index < -0.39 is 0 Å². The molecule has 18 heavy (non-hydrogen) atoms. The van der Waals surface area contributed by atoms with Crippen molar-refractivity contribution in [1.82, 2.24) is 4.98 Å². The van der Waals surface area contributed by atoms with E-state index in [1.807, 2.05) is 12.1 Å². The Balaban J connectivity index is 2.40. The number of hydrogen-bond donors (Lipinski definition) is 2. The summed E-state index contributed by atoms with van der Waals surface area (Å²) < 4.78 is 6.37. The van der Waals surface area contributed by atoms with Crippen LogP contribution in [0, 0.1) is 0 Å². The number of nitrogen functional groups attached to an aromatic ring is 1. The molecular weight excluding hydrogens is 318 g/mol. The number of nitrogens with one attached hydrogen (secondary N) is 1. The van der Waals surface area contributed by atoms with Crippen molar-refractivity contribution in [3.63, 3.8) is 0 Å². The van der Waals surface area contributed by atoms with Crippen LogP contribution in [0.4, 0.5) is 5.69 Å². The molecule has 0 aliphatic carbocycles. The molecule has 2 heterocycles. The molecule has 0 amide bonds. The van der Waals surface area contributed by atoms with Gasteiger partial charge in [-0.15, -0.1) is 0 Å². The molecule has 0 spiro atoms. The van der Waals surface area contributed by atoms with Crippen LogP contribution in [0.3, 0.4) is 0 Å². The van der Waals surface area contributed by atoms with Gasteiger partial charge in [0.25, 0.3) is 0 Å². The predicted octanol–water partition coefficient (Wildman–Crippen LogP) is 3.01. The zero-order chi connectivity index (χ0) is 12.7. The van der Waals surface area contributed by atoms with Gasteiger partial charge in [0, 0.05) is 21.8 Å². The Morgan fingerprint density at radius 3 is 3.06 bits per heavy atom. The molecule has 1 aromatic heterocycles. The average molecular weight is 329 g/mol. The van der Waals surface area contributed by atoms with E-state index in [1.54, 1.807) is 0 Å². The average Bonchev–Trinajstić information content (AvgIpc) is 2.36. The van der Waals surface area contributed by atoms with E-state index in [0.717, 1.165) is 38.7 Å². The molecule has 94 valence electrons. The molecule has 0 saturated carbocycles. The molecular formula is C12H11BrClN3O. The van der Waals surface area contributed by atoms with Gasteiger partial charge >= 0.3 is 0 Å². The first-order valence-electron chi connectivity index (χ1n) is 5.55. The standard InChI is InChI=1S/C12H11BrClN3O/c13-6-3-7-11(17-15)8-5-18-2-1-10(8)16-12(7)9(14)4-6/h3-4H,1-2,5,15H2,(H,16,17). The van der Waals surface area contributed by atoms with E-state index in [9.17, 15) is 0 Å². The van der Waals surface area contributed by atoms with Crippen molar-refractivity contribution in [1.29, 1.82) is 0 Å². The van der Waals surface area contributed by atoms with Crippen molar-refractivity contribution in [2.24, 2.45) is 5.84 Å². The SMILES string of the molecule is NNc1c2c(nc3c(Cl)cc(Br)cc13)CCOC2. The van der Waals surface area contributed by atoms with Crippen molar-refractivity contribution in [3.05, 3.63) is 32.9 Å². The number of hydrazine groups is 1. The van der Waals surface area contributed by atoms with Crippen LogP contribution in [-0.4, -0.2) is 11.6 Å². The summed E-state index contributed by atoms with van der Waals surface area (Å²) >= 11 is 9.67. The molecule has 6 heteroatoms. The summed E-state index contributed by atoms with van der Waals surface area (Å²) in [6.07, 6.45) is 0.784. The Bertz CT molecular complexity index is 632. The number of nitrogens with two attached hydrogens (primary N) is 1. The summed E-state index contributed by atoms with van der Waals surface area (Å²) in [6, 6.07) is 3.79. The Labute approximate surface area is 118 Å². The third-order valence-corrected chi connectivity index (χ3v) is 3.81. The first-order chi connectivity index (χ1) is 8.70. The predicted molar refractivity (Wildman–Crippen MR) is 75.6 cm³/mol. The molecule has 4 nitrogen and oxygen atoms in total. The second-order valence-electron chi connectivity index (χ2n) is 4.14. The van der Waals surface area contributed by atoms with Crippen molar-refractivity contribution >= 4 is 44.1 Å². The highest BCUT2D eigenvalue weighted by Crippen LogP contribution is 2.36. The maximum absolute atomic E-state index is 6.24. The number of hydrogen-bond acceptors (Lipinski definition) is 4. The van der Waals surface area contributed by atoms with Gasteiger partial charge in [0.2, 0.25) is 0 Å². The summed E-state index contributed by atoms with van der Waals surface area (Å²) in [5, 5.41) is 1.52. The molecule has 2 aromatic rings. The number of benzene rings is 1. The first-order valence-corrected chi connectivity index (χ1v) is 6.72. The lowest BCUT2D eigenvalue weighted by atomic mass is 10.0. The van der Waals surface area contributed by atoms with Crippen LogP contribution in [0.15, 0.2) is 16.6 Å². The van der Waals surface area contributed by atoms with Crippen molar-refractivity contribution in [2.75, 3.05) is 12.0 Å². The summed E-state index contributed by atoms with van der Waals surface area (Å²) in [6.45, 7) is 1.21. The van der Waals surface area contributed by atoms with Gasteiger partial charge in [-0.1, -0.05) is 27.5 Å². The normalized spacial score (nSPS) is 14.6. The number of rotatable bonds is 1. The Morgan fingerprint density at radius 2 is 2.28 bits per heavy atom. The molecule has 1 aliphatic rings. The lowest BCUT2D eigenvalue weighted by molar-refractivity contribution is 0.110. The van der Waals surface area contributed by atoms with Crippen LogP contribution in [0.5, 0.6) is 0 Å². The Hall–Kier alpha value is -0.880. The lowest BCUT2D eigenvalue weighted by Gasteiger charge is -2.21. The van der Waals surface area contributed by atoms with Gasteiger partial charge < -0.3 is 10.2 Å². The molecule has 0 saturated heterocycles.